The molecule has 1 fully saturated rings. The molecule has 0 aliphatic heterocycles. The molecule has 3 aromatic rings. The molecule has 9 nitrogen and oxygen atoms in total. The lowest BCUT2D eigenvalue weighted by Crippen LogP contribution is -2.50. The van der Waals surface area contributed by atoms with Gasteiger partial charge in [-0.15, -0.1) is 0 Å². The molecule has 3 N–H and O–H groups in total. The van der Waals surface area contributed by atoms with E-state index >= 15 is 0 Å². The first kappa shape index (κ1) is 25.4. The highest BCUT2D eigenvalue weighted by Crippen LogP contribution is 2.28. The van der Waals surface area contributed by atoms with Gasteiger partial charge in [0.25, 0.3) is 11.8 Å². The van der Waals surface area contributed by atoms with Gasteiger partial charge in [0.05, 0.1) is 0 Å². The van der Waals surface area contributed by atoms with Gasteiger partial charge in [-0.2, -0.15) is 0 Å². The van der Waals surface area contributed by atoms with Crippen LogP contribution in [0.3, 0.4) is 0 Å². The maximum absolute atomic E-state index is 12.9. The molecule has 1 atom stereocenters. The molecule has 0 bridgehead atoms. The van der Waals surface area contributed by atoms with Crippen LogP contribution in [0.1, 0.15) is 58.7 Å². The summed E-state index contributed by atoms with van der Waals surface area (Å²) in [6, 6.07) is 11.6. The third-order valence-electron chi connectivity index (χ3n) is 6.29. The summed E-state index contributed by atoms with van der Waals surface area (Å²) >= 11 is 5.75. The highest BCUT2D eigenvalue weighted by molar-refractivity contribution is 6.28. The molecule has 10 heteroatoms. The standard InChI is InChI=1S/C26H28ClN5O4/c1-28-25(35)22(17-7-3-2-4-8-17)32-24(34)21-11-10-20(36-21)18-9-5-6-16(14-18)15-30-23(33)19-12-13-29-26(27)31-19/h5-6,9-14,17,22H,2-4,7-8,15H2,1H3,(H,28,35)(H,30,33)(H,32,34). The van der Waals surface area contributed by atoms with Crippen molar-refractivity contribution in [3.8, 4) is 11.3 Å². The average Bonchev–Trinajstić information content (AvgIpc) is 3.41. The monoisotopic (exact) mass is 509 g/mol. The van der Waals surface area contributed by atoms with Crippen LogP contribution in [0, 0.1) is 5.92 Å². The van der Waals surface area contributed by atoms with Crippen molar-refractivity contribution >= 4 is 29.3 Å². The number of likely N-dealkylation sites (N-methyl/N-ethyl adjacent to an activating group) is 1. The van der Waals surface area contributed by atoms with Crippen LogP contribution in [0.4, 0.5) is 0 Å². The summed E-state index contributed by atoms with van der Waals surface area (Å²) in [5, 5.41) is 8.33. The lowest BCUT2D eigenvalue weighted by Gasteiger charge is -2.29. The van der Waals surface area contributed by atoms with Crippen LogP contribution < -0.4 is 16.0 Å². The fourth-order valence-electron chi connectivity index (χ4n) is 4.42. The SMILES string of the molecule is CNC(=O)C(NC(=O)c1ccc(-c2cccc(CNC(=O)c3ccnc(Cl)n3)c2)o1)C1CCCCC1. The number of hydrogen-bond acceptors (Lipinski definition) is 6. The molecule has 1 unspecified atom stereocenters. The summed E-state index contributed by atoms with van der Waals surface area (Å²) in [5.41, 5.74) is 1.76. The van der Waals surface area contributed by atoms with Crippen molar-refractivity contribution < 1.29 is 18.8 Å². The fraction of sp³-hybridized carbons (Fsp3) is 0.346. The number of hydrogen-bond donors (Lipinski definition) is 3. The van der Waals surface area contributed by atoms with Gasteiger partial charge in [0.15, 0.2) is 5.76 Å². The Labute approximate surface area is 214 Å². The molecule has 36 heavy (non-hydrogen) atoms. The molecule has 1 saturated carbocycles. The van der Waals surface area contributed by atoms with Gasteiger partial charge in [0.2, 0.25) is 11.2 Å². The van der Waals surface area contributed by atoms with E-state index in [-0.39, 0.29) is 41.0 Å². The molecule has 2 aromatic heterocycles. The van der Waals surface area contributed by atoms with E-state index in [9.17, 15) is 14.4 Å². The van der Waals surface area contributed by atoms with Crippen molar-refractivity contribution in [3.05, 3.63) is 71.0 Å². The summed E-state index contributed by atoms with van der Waals surface area (Å²) < 4.78 is 5.83. The van der Waals surface area contributed by atoms with Crippen molar-refractivity contribution in [2.75, 3.05) is 7.05 Å². The molecule has 1 aliphatic carbocycles. The molecule has 0 radical (unpaired) electrons. The number of nitrogens with zero attached hydrogens (tertiary/aromatic N) is 2. The van der Waals surface area contributed by atoms with E-state index in [1.165, 1.54) is 12.3 Å². The largest absolute Gasteiger partial charge is 0.451 e. The van der Waals surface area contributed by atoms with Crippen LogP contribution in [0.15, 0.2) is 53.1 Å². The summed E-state index contributed by atoms with van der Waals surface area (Å²) in [4.78, 5) is 45.4. The molecule has 4 rings (SSSR count). The van der Waals surface area contributed by atoms with Crippen molar-refractivity contribution in [1.29, 1.82) is 0 Å². The molecule has 188 valence electrons. The van der Waals surface area contributed by atoms with Crippen LogP contribution in [0.25, 0.3) is 11.3 Å². The summed E-state index contributed by atoms with van der Waals surface area (Å²) in [5.74, 6) is -0.236. The molecule has 1 aromatic carbocycles. The Morgan fingerprint density at radius 1 is 1.08 bits per heavy atom. The van der Waals surface area contributed by atoms with Crippen molar-refractivity contribution in [2.45, 2.75) is 44.7 Å². The number of furan rings is 1. The number of carbonyl (C=O) groups is 3. The number of nitrogens with one attached hydrogen (secondary N) is 3. The molecule has 2 heterocycles. The van der Waals surface area contributed by atoms with Gasteiger partial charge in [-0.25, -0.2) is 9.97 Å². The van der Waals surface area contributed by atoms with Crippen LogP contribution in [-0.4, -0.2) is 40.8 Å². The van der Waals surface area contributed by atoms with Gasteiger partial charge in [-0.3, -0.25) is 14.4 Å². The van der Waals surface area contributed by atoms with Gasteiger partial charge in [0.1, 0.15) is 17.5 Å². The second-order valence-electron chi connectivity index (χ2n) is 8.72. The van der Waals surface area contributed by atoms with Gasteiger partial charge in [-0.05, 0) is 60.2 Å². The van der Waals surface area contributed by atoms with Crippen LogP contribution in [0.2, 0.25) is 5.28 Å². The first-order chi connectivity index (χ1) is 17.4. The smallest absolute Gasteiger partial charge is 0.287 e. The maximum Gasteiger partial charge on any atom is 0.287 e. The molecule has 3 amide bonds. The third kappa shape index (κ3) is 6.28. The minimum Gasteiger partial charge on any atom is -0.451 e. The van der Waals surface area contributed by atoms with Crippen molar-refractivity contribution in [3.63, 3.8) is 0 Å². The number of halogens is 1. The Morgan fingerprint density at radius 2 is 1.89 bits per heavy atom. The predicted octanol–water partition coefficient (Wildman–Crippen LogP) is 3.74. The normalized spacial score (nSPS) is 14.6. The second-order valence-corrected chi connectivity index (χ2v) is 9.06. The third-order valence-corrected chi connectivity index (χ3v) is 6.47. The number of amides is 3. The zero-order valence-electron chi connectivity index (χ0n) is 19.9. The Hall–Kier alpha value is -3.72. The van der Waals surface area contributed by atoms with Gasteiger partial charge < -0.3 is 20.4 Å². The van der Waals surface area contributed by atoms with Crippen molar-refractivity contribution in [2.24, 2.45) is 5.92 Å². The molecule has 0 spiro atoms. The highest BCUT2D eigenvalue weighted by Gasteiger charge is 2.31. The Balaban J connectivity index is 1.41. The second kappa shape index (κ2) is 11.8. The minimum absolute atomic E-state index is 0.00249. The molecular formula is C26H28ClN5O4. The van der Waals surface area contributed by atoms with E-state index < -0.39 is 11.9 Å². The Bertz CT molecular complexity index is 1240. The summed E-state index contributed by atoms with van der Waals surface area (Å²) in [6.45, 7) is 0.261. The van der Waals surface area contributed by atoms with E-state index in [1.807, 2.05) is 24.3 Å². The van der Waals surface area contributed by atoms with Gasteiger partial charge >= 0.3 is 0 Å². The molecular weight excluding hydrogens is 482 g/mol. The minimum atomic E-state index is -0.590. The first-order valence-corrected chi connectivity index (χ1v) is 12.3. The number of carbonyl (C=O) groups excluding carboxylic acids is 3. The molecule has 1 aliphatic rings. The zero-order valence-corrected chi connectivity index (χ0v) is 20.7. The van der Waals surface area contributed by atoms with E-state index in [4.69, 9.17) is 16.0 Å². The van der Waals surface area contributed by atoms with Gasteiger partial charge in [-0.1, -0.05) is 37.5 Å². The maximum atomic E-state index is 12.9. The van der Waals surface area contributed by atoms with Gasteiger partial charge in [0, 0.05) is 25.4 Å². The summed E-state index contributed by atoms with van der Waals surface area (Å²) in [7, 11) is 1.58. The first-order valence-electron chi connectivity index (χ1n) is 11.9. The van der Waals surface area contributed by atoms with Crippen LogP contribution >= 0.6 is 11.6 Å². The highest BCUT2D eigenvalue weighted by atomic mass is 35.5. The number of rotatable bonds is 8. The quantitative estimate of drug-likeness (QED) is 0.397. The lowest BCUT2D eigenvalue weighted by atomic mass is 9.83. The number of aromatic nitrogens is 2. The van der Waals surface area contributed by atoms with E-state index in [2.05, 4.69) is 25.9 Å². The van der Waals surface area contributed by atoms with E-state index in [0.29, 0.717) is 5.76 Å². The lowest BCUT2D eigenvalue weighted by molar-refractivity contribution is -0.124. The Morgan fingerprint density at radius 3 is 2.64 bits per heavy atom. The van der Waals surface area contributed by atoms with Crippen molar-refractivity contribution in [1.82, 2.24) is 25.9 Å². The van der Waals surface area contributed by atoms with E-state index in [1.54, 1.807) is 19.2 Å². The summed E-state index contributed by atoms with van der Waals surface area (Å²) in [6.07, 6.45) is 6.52. The van der Waals surface area contributed by atoms with E-state index in [0.717, 1.165) is 43.2 Å². The van der Waals surface area contributed by atoms with Crippen LogP contribution in [-0.2, 0) is 11.3 Å². The zero-order chi connectivity index (χ0) is 25.5. The number of benzene rings is 1. The fourth-order valence-corrected chi connectivity index (χ4v) is 4.56. The topological polar surface area (TPSA) is 126 Å². The molecule has 0 saturated heterocycles. The predicted molar refractivity (Wildman–Crippen MR) is 134 cm³/mol. The average molecular weight is 510 g/mol. The van der Waals surface area contributed by atoms with Crippen LogP contribution in [0.5, 0.6) is 0 Å². The Kier molecular flexibility index (Phi) is 8.32.